The molecule has 1 fully saturated rings. The van der Waals surface area contributed by atoms with Crippen molar-refractivity contribution in [3.63, 3.8) is 0 Å². The summed E-state index contributed by atoms with van der Waals surface area (Å²) in [4.78, 5) is 11.6. The summed E-state index contributed by atoms with van der Waals surface area (Å²) in [6.07, 6.45) is 2.97. The maximum Gasteiger partial charge on any atom is 0.178 e. The highest BCUT2D eigenvalue weighted by Crippen LogP contribution is 2.32. The van der Waals surface area contributed by atoms with E-state index < -0.39 is 21.5 Å². The Bertz CT molecular complexity index is 928. The molecule has 0 bridgehead atoms. The van der Waals surface area contributed by atoms with Crippen LogP contribution in [0.3, 0.4) is 0 Å². The summed E-state index contributed by atoms with van der Waals surface area (Å²) >= 11 is 0. The molecule has 0 radical (unpaired) electrons. The van der Waals surface area contributed by atoms with E-state index in [1.807, 2.05) is 0 Å². The molecule has 0 spiro atoms. The molecule has 144 valence electrons. The van der Waals surface area contributed by atoms with Crippen molar-refractivity contribution in [2.24, 2.45) is 11.8 Å². The summed E-state index contributed by atoms with van der Waals surface area (Å²) in [5, 5.41) is 0. The van der Waals surface area contributed by atoms with Gasteiger partial charge in [0.2, 0.25) is 0 Å². The summed E-state index contributed by atoms with van der Waals surface area (Å²) in [5.74, 6) is -0.988. The van der Waals surface area contributed by atoms with Crippen LogP contribution in [-0.2, 0) is 14.6 Å². The Morgan fingerprint density at radius 3 is 2.19 bits per heavy atom. The third-order valence-corrected chi connectivity index (χ3v) is 7.23. The van der Waals surface area contributed by atoms with Crippen LogP contribution in [0.25, 0.3) is 11.1 Å². The van der Waals surface area contributed by atoms with E-state index in [-0.39, 0.29) is 33.8 Å². The second kappa shape index (κ2) is 7.89. The Hall–Kier alpha value is -2.08. The van der Waals surface area contributed by atoms with Gasteiger partial charge in [-0.05, 0) is 68.4 Å². The largest absolute Gasteiger partial charge is 0.300 e. The van der Waals surface area contributed by atoms with Gasteiger partial charge in [0.15, 0.2) is 9.84 Å². The molecular weight excluding hydrogens is 370 g/mol. The van der Waals surface area contributed by atoms with Gasteiger partial charge in [0.05, 0.1) is 10.6 Å². The van der Waals surface area contributed by atoms with Crippen LogP contribution < -0.4 is 0 Å². The summed E-state index contributed by atoms with van der Waals surface area (Å²) in [5.41, 5.74) is 0.719. The van der Waals surface area contributed by atoms with Crippen LogP contribution in [-0.4, -0.2) is 20.0 Å². The minimum absolute atomic E-state index is 0.0554. The van der Waals surface area contributed by atoms with Crippen molar-refractivity contribution in [3.05, 3.63) is 54.1 Å². The fraction of sp³-hybridized carbons (Fsp3) is 0.381. The van der Waals surface area contributed by atoms with Gasteiger partial charge < -0.3 is 0 Å². The molecule has 0 heterocycles. The maximum absolute atomic E-state index is 13.9. The lowest BCUT2D eigenvalue weighted by molar-refractivity contribution is -0.121. The van der Waals surface area contributed by atoms with Crippen molar-refractivity contribution in [3.8, 4) is 11.1 Å². The number of benzene rings is 2. The van der Waals surface area contributed by atoms with Crippen LogP contribution in [0.5, 0.6) is 0 Å². The number of halogens is 2. The molecule has 0 amide bonds. The van der Waals surface area contributed by atoms with Crippen molar-refractivity contribution >= 4 is 15.6 Å². The van der Waals surface area contributed by atoms with Gasteiger partial charge in [-0.25, -0.2) is 17.2 Å². The summed E-state index contributed by atoms with van der Waals surface area (Å²) < 4.78 is 52.3. The van der Waals surface area contributed by atoms with Crippen molar-refractivity contribution in [2.45, 2.75) is 37.5 Å². The first-order valence-electron chi connectivity index (χ1n) is 9.05. The predicted molar refractivity (Wildman–Crippen MR) is 100.0 cm³/mol. The Labute approximate surface area is 158 Å². The first kappa shape index (κ1) is 19.7. The van der Waals surface area contributed by atoms with E-state index in [9.17, 15) is 22.0 Å². The number of ketones is 1. The van der Waals surface area contributed by atoms with E-state index >= 15 is 0 Å². The normalized spacial score (nSPS) is 20.4. The number of sulfone groups is 1. The van der Waals surface area contributed by atoms with Crippen LogP contribution in [0.15, 0.2) is 47.4 Å². The molecule has 0 atom stereocenters. The number of carbonyl (C=O) groups is 1. The molecule has 27 heavy (non-hydrogen) atoms. The second-order valence-corrected chi connectivity index (χ2v) is 9.29. The number of hydrogen-bond donors (Lipinski definition) is 0. The molecule has 0 saturated heterocycles. The van der Waals surface area contributed by atoms with Crippen LogP contribution >= 0.6 is 0 Å². The fourth-order valence-corrected chi connectivity index (χ4v) is 5.40. The van der Waals surface area contributed by atoms with Gasteiger partial charge in [-0.3, -0.25) is 4.79 Å². The SMILES string of the molecule is CC(=O)C1CCC(CS(=O)(=O)c2ccc(-c3ccc(F)cc3F)cc2)CC1. The highest BCUT2D eigenvalue weighted by atomic mass is 32.2. The van der Waals surface area contributed by atoms with Gasteiger partial charge in [0.25, 0.3) is 0 Å². The molecule has 2 aromatic carbocycles. The molecule has 1 saturated carbocycles. The van der Waals surface area contributed by atoms with Crippen LogP contribution in [0.4, 0.5) is 8.78 Å². The Morgan fingerprint density at radius 2 is 1.63 bits per heavy atom. The maximum atomic E-state index is 13.9. The molecule has 3 nitrogen and oxygen atoms in total. The lowest BCUT2D eigenvalue weighted by Gasteiger charge is -2.26. The summed E-state index contributed by atoms with van der Waals surface area (Å²) in [6.45, 7) is 1.59. The summed E-state index contributed by atoms with van der Waals surface area (Å²) in [6, 6.07) is 9.31. The molecule has 0 unspecified atom stereocenters. The van der Waals surface area contributed by atoms with Gasteiger partial charge in [0, 0.05) is 17.5 Å². The topological polar surface area (TPSA) is 51.2 Å². The van der Waals surface area contributed by atoms with Crippen LogP contribution in [0.1, 0.15) is 32.6 Å². The van der Waals surface area contributed by atoms with E-state index in [1.165, 1.54) is 36.4 Å². The van der Waals surface area contributed by atoms with Crippen molar-refractivity contribution in [1.29, 1.82) is 0 Å². The first-order chi connectivity index (χ1) is 12.8. The number of hydrogen-bond acceptors (Lipinski definition) is 3. The Kier molecular flexibility index (Phi) is 5.75. The smallest absolute Gasteiger partial charge is 0.178 e. The molecule has 1 aliphatic carbocycles. The Balaban J connectivity index is 1.71. The summed E-state index contributed by atoms with van der Waals surface area (Å²) in [7, 11) is -3.45. The highest BCUT2D eigenvalue weighted by Gasteiger charge is 2.28. The first-order valence-corrected chi connectivity index (χ1v) is 10.7. The van der Waals surface area contributed by atoms with Crippen molar-refractivity contribution in [1.82, 2.24) is 0 Å². The second-order valence-electron chi connectivity index (χ2n) is 7.26. The quantitative estimate of drug-likeness (QED) is 0.734. The van der Waals surface area contributed by atoms with E-state index in [1.54, 1.807) is 6.92 Å². The average Bonchev–Trinajstić information content (AvgIpc) is 2.62. The van der Waals surface area contributed by atoms with Crippen molar-refractivity contribution in [2.75, 3.05) is 5.75 Å². The van der Waals surface area contributed by atoms with Gasteiger partial charge in [-0.15, -0.1) is 0 Å². The molecule has 0 N–H and O–H groups in total. The monoisotopic (exact) mass is 392 g/mol. The van der Waals surface area contributed by atoms with Gasteiger partial charge >= 0.3 is 0 Å². The predicted octanol–water partition coefficient (Wildman–Crippen LogP) is 4.80. The Morgan fingerprint density at radius 1 is 1.00 bits per heavy atom. The minimum Gasteiger partial charge on any atom is -0.300 e. The minimum atomic E-state index is -3.45. The standard InChI is InChI=1S/C21H22F2O3S/c1-14(24)16-4-2-15(3-5-16)13-27(25,26)19-9-6-17(7-10-19)20-11-8-18(22)12-21(20)23/h6-12,15-16H,2-5,13H2,1H3. The van der Waals surface area contributed by atoms with Crippen LogP contribution in [0.2, 0.25) is 0 Å². The molecule has 1 aliphatic rings. The van der Waals surface area contributed by atoms with E-state index in [0.29, 0.717) is 5.56 Å². The molecule has 0 aromatic heterocycles. The molecule has 0 aliphatic heterocycles. The lowest BCUT2D eigenvalue weighted by Crippen LogP contribution is -2.24. The molecule has 2 aromatic rings. The number of Topliss-reactive ketones (excluding diaryl/α,β-unsaturated/α-hetero) is 1. The number of rotatable bonds is 5. The number of carbonyl (C=O) groups excluding carboxylic acids is 1. The fourth-order valence-electron chi connectivity index (χ4n) is 3.71. The van der Waals surface area contributed by atoms with Gasteiger partial charge in [-0.2, -0.15) is 0 Å². The zero-order chi connectivity index (χ0) is 19.6. The average molecular weight is 392 g/mol. The molecule has 6 heteroatoms. The zero-order valence-electron chi connectivity index (χ0n) is 15.1. The third kappa shape index (κ3) is 4.61. The zero-order valence-corrected chi connectivity index (χ0v) is 15.9. The third-order valence-electron chi connectivity index (χ3n) is 5.33. The van der Waals surface area contributed by atoms with E-state index in [0.717, 1.165) is 31.7 Å². The van der Waals surface area contributed by atoms with Crippen LogP contribution in [0, 0.1) is 23.5 Å². The molecular formula is C21H22F2O3S. The highest BCUT2D eigenvalue weighted by molar-refractivity contribution is 7.91. The lowest BCUT2D eigenvalue weighted by atomic mass is 9.81. The van der Waals surface area contributed by atoms with E-state index in [4.69, 9.17) is 0 Å². The van der Waals surface area contributed by atoms with Crippen molar-refractivity contribution < 1.29 is 22.0 Å². The van der Waals surface area contributed by atoms with E-state index in [2.05, 4.69) is 0 Å². The molecule has 3 rings (SSSR count). The van der Waals surface area contributed by atoms with Gasteiger partial charge in [-0.1, -0.05) is 12.1 Å². The van der Waals surface area contributed by atoms with Gasteiger partial charge in [0.1, 0.15) is 17.4 Å².